The van der Waals surface area contributed by atoms with Crippen LogP contribution in [-0.2, 0) is 26.8 Å². The lowest BCUT2D eigenvalue weighted by atomic mass is 9.66. The van der Waals surface area contributed by atoms with Gasteiger partial charge in [0.15, 0.2) is 0 Å². The van der Waals surface area contributed by atoms with Crippen LogP contribution in [0.2, 0.25) is 0 Å². The van der Waals surface area contributed by atoms with Crippen LogP contribution >= 0.6 is 0 Å². The maximum atomic E-state index is 14.4. The lowest BCUT2D eigenvalue weighted by Gasteiger charge is -2.41. The normalized spacial score (nSPS) is 27.6. The fourth-order valence-corrected chi connectivity index (χ4v) is 8.81. The number of rotatable bonds is 11. The molecule has 4 saturated carbocycles. The van der Waals surface area contributed by atoms with Crippen LogP contribution in [0.5, 0.6) is 0 Å². The molecule has 4 atom stereocenters. The Morgan fingerprint density at radius 2 is 1.84 bits per heavy atom. The number of aromatic nitrogens is 2. The zero-order valence-corrected chi connectivity index (χ0v) is 26.9. The van der Waals surface area contributed by atoms with Crippen molar-refractivity contribution >= 4 is 23.4 Å². The first kappa shape index (κ1) is 30.5. The van der Waals surface area contributed by atoms with Gasteiger partial charge in [0.2, 0.25) is 11.8 Å². The number of nitrogens with zero attached hydrogens (tertiary/aromatic N) is 2. The van der Waals surface area contributed by atoms with Gasteiger partial charge in [0.05, 0.1) is 12.0 Å². The molecule has 5 aliphatic rings. The summed E-state index contributed by atoms with van der Waals surface area (Å²) in [6.07, 6.45) is 15.2. The average Bonchev–Trinajstić information content (AvgIpc) is 3.91. The number of carbonyl (C=O) groups is 3. The first-order chi connectivity index (χ1) is 21.7. The molecule has 2 aromatic rings. The van der Waals surface area contributed by atoms with Gasteiger partial charge < -0.3 is 20.7 Å². The second-order valence-corrected chi connectivity index (χ2v) is 15.2. The van der Waals surface area contributed by atoms with Crippen LogP contribution in [-0.4, -0.2) is 53.3 Å². The van der Waals surface area contributed by atoms with Crippen LogP contribution in [0.3, 0.4) is 0 Å². The van der Waals surface area contributed by atoms with E-state index in [2.05, 4.69) is 28.0 Å². The Labute approximate surface area is 266 Å². The molecule has 1 aliphatic heterocycles. The summed E-state index contributed by atoms with van der Waals surface area (Å²) in [6.45, 7) is 3.76. The molecule has 0 radical (unpaired) electrons. The molecule has 1 spiro atoms. The lowest BCUT2D eigenvalue weighted by molar-refractivity contribution is -0.127. The quantitative estimate of drug-likeness (QED) is 0.325. The molecular formula is C36H49N5O4. The predicted molar refractivity (Wildman–Crippen MR) is 171 cm³/mol. The van der Waals surface area contributed by atoms with Gasteiger partial charge in [-0.1, -0.05) is 38.3 Å². The third-order valence-electron chi connectivity index (χ3n) is 12.1. The Hall–Kier alpha value is -3.20. The smallest absolute Gasteiger partial charge is 0.270 e. The Kier molecular flexibility index (Phi) is 8.03. The van der Waals surface area contributed by atoms with Crippen LogP contribution in [0.1, 0.15) is 100 Å². The summed E-state index contributed by atoms with van der Waals surface area (Å²) >= 11 is 0. The molecule has 3 unspecified atom stereocenters. The Balaban J connectivity index is 1.15. The zero-order valence-electron chi connectivity index (χ0n) is 26.9. The van der Waals surface area contributed by atoms with Crippen LogP contribution in [0, 0.1) is 28.6 Å². The van der Waals surface area contributed by atoms with Gasteiger partial charge in [-0.2, -0.15) is 5.10 Å². The number of hydrogen-bond donors (Lipinski definition) is 3. The molecule has 5 fully saturated rings. The lowest BCUT2D eigenvalue weighted by Crippen LogP contribution is -2.53. The molecule has 9 heteroatoms. The van der Waals surface area contributed by atoms with E-state index < -0.39 is 11.5 Å². The Bertz CT molecular complexity index is 1430. The number of aryl methyl sites for hydroxylation is 1. The minimum Gasteiger partial charge on any atom is -0.380 e. The molecule has 3 amide bonds. The van der Waals surface area contributed by atoms with Gasteiger partial charge in [-0.25, -0.2) is 0 Å². The van der Waals surface area contributed by atoms with E-state index in [9.17, 15) is 14.4 Å². The molecule has 2 heterocycles. The van der Waals surface area contributed by atoms with Gasteiger partial charge in [0.1, 0.15) is 11.7 Å². The van der Waals surface area contributed by atoms with Crippen molar-refractivity contribution in [3.63, 3.8) is 0 Å². The van der Waals surface area contributed by atoms with Crippen molar-refractivity contribution in [3.05, 3.63) is 47.8 Å². The summed E-state index contributed by atoms with van der Waals surface area (Å²) in [5.74, 6) is 0.529. The molecule has 1 saturated heterocycles. The number of hydrogen-bond acceptors (Lipinski definition) is 5. The predicted octanol–water partition coefficient (Wildman–Crippen LogP) is 5.12. The summed E-state index contributed by atoms with van der Waals surface area (Å²) < 4.78 is 7.37. The number of benzene rings is 1. The highest BCUT2D eigenvalue weighted by Gasteiger charge is 2.57. The van der Waals surface area contributed by atoms with Crippen LogP contribution in [0.15, 0.2) is 36.5 Å². The molecule has 9 nitrogen and oxygen atoms in total. The SMILES string of the molecule is Cn1nccc1C(=O)N[C@H](C(=O)Nc1cccc(C2(C(=O)NCC3(C)CCC3)CCOC2)c1)C(C1CC1)C1CCCCC12CC2. The van der Waals surface area contributed by atoms with E-state index in [0.717, 1.165) is 37.7 Å². The van der Waals surface area contributed by atoms with Gasteiger partial charge in [-0.15, -0.1) is 0 Å². The van der Waals surface area contributed by atoms with E-state index in [1.165, 1.54) is 38.5 Å². The van der Waals surface area contributed by atoms with Gasteiger partial charge in [0.25, 0.3) is 5.91 Å². The van der Waals surface area contributed by atoms with E-state index in [1.807, 2.05) is 24.3 Å². The molecule has 0 bridgehead atoms. The van der Waals surface area contributed by atoms with Crippen molar-refractivity contribution < 1.29 is 19.1 Å². The van der Waals surface area contributed by atoms with E-state index >= 15 is 0 Å². The molecule has 3 N–H and O–H groups in total. The molecule has 1 aromatic heterocycles. The minimum atomic E-state index is -0.787. The Morgan fingerprint density at radius 1 is 1.02 bits per heavy atom. The molecular weight excluding hydrogens is 566 g/mol. The molecule has 1 aromatic carbocycles. The van der Waals surface area contributed by atoms with Crippen molar-refractivity contribution in [2.24, 2.45) is 35.6 Å². The van der Waals surface area contributed by atoms with E-state index in [1.54, 1.807) is 24.0 Å². The largest absolute Gasteiger partial charge is 0.380 e. The minimum absolute atomic E-state index is 0.00116. The fraction of sp³-hybridized carbons (Fsp3) is 0.667. The second-order valence-electron chi connectivity index (χ2n) is 15.2. The number of amides is 3. The summed E-state index contributed by atoms with van der Waals surface area (Å²) in [7, 11) is 1.75. The van der Waals surface area contributed by atoms with Crippen LogP contribution in [0.25, 0.3) is 0 Å². The van der Waals surface area contributed by atoms with Crippen molar-refractivity contribution in [2.45, 2.75) is 95.4 Å². The summed E-state index contributed by atoms with van der Waals surface area (Å²) in [4.78, 5) is 41.7. The van der Waals surface area contributed by atoms with Gasteiger partial charge in [-0.05, 0) is 110 Å². The second kappa shape index (κ2) is 11.9. The van der Waals surface area contributed by atoms with E-state index in [0.29, 0.717) is 54.8 Å². The van der Waals surface area contributed by atoms with Crippen molar-refractivity contribution in [2.75, 3.05) is 25.1 Å². The standard InChI is InChI=1S/C36H49N5O4/c1-34(13-6-14-34)22-37-33(44)36(18-20-45-23-36)25-7-5-8-26(21-25)39-32(43)30(40-31(42)28-12-19-38-41(28)2)29(24-10-11-24)27-9-3-4-15-35(27)16-17-35/h5,7-8,12,19,21,24,27,29-30H,3-4,6,9-11,13-18,20,22-23H2,1-2H3,(H,37,44)(H,39,43)(H,40,42)/t27?,29?,30-,36?/m0/s1. The maximum Gasteiger partial charge on any atom is 0.270 e. The van der Waals surface area contributed by atoms with Gasteiger partial charge in [-0.3, -0.25) is 19.1 Å². The highest BCUT2D eigenvalue weighted by molar-refractivity contribution is 6.01. The highest BCUT2D eigenvalue weighted by Crippen LogP contribution is 2.64. The van der Waals surface area contributed by atoms with Crippen molar-refractivity contribution in [3.8, 4) is 0 Å². The zero-order chi connectivity index (χ0) is 31.2. The summed E-state index contributed by atoms with van der Waals surface area (Å²) in [5.41, 5.74) is 1.66. The van der Waals surface area contributed by atoms with Crippen LogP contribution in [0.4, 0.5) is 5.69 Å². The monoisotopic (exact) mass is 615 g/mol. The highest BCUT2D eigenvalue weighted by atomic mass is 16.5. The summed E-state index contributed by atoms with van der Waals surface area (Å²) in [6, 6.07) is 8.75. The first-order valence-corrected chi connectivity index (χ1v) is 17.3. The van der Waals surface area contributed by atoms with Crippen LogP contribution < -0.4 is 16.0 Å². The molecule has 4 aliphatic carbocycles. The number of ether oxygens (including phenoxy) is 1. The summed E-state index contributed by atoms with van der Waals surface area (Å²) in [5, 5.41) is 13.8. The Morgan fingerprint density at radius 3 is 2.49 bits per heavy atom. The molecule has 242 valence electrons. The fourth-order valence-electron chi connectivity index (χ4n) is 8.81. The van der Waals surface area contributed by atoms with E-state index in [4.69, 9.17) is 4.74 Å². The number of anilines is 1. The number of carbonyl (C=O) groups excluding carboxylic acids is 3. The molecule has 45 heavy (non-hydrogen) atoms. The average molecular weight is 616 g/mol. The third kappa shape index (κ3) is 5.93. The van der Waals surface area contributed by atoms with E-state index in [-0.39, 0.29) is 29.1 Å². The number of nitrogens with one attached hydrogen (secondary N) is 3. The van der Waals surface area contributed by atoms with Gasteiger partial charge >= 0.3 is 0 Å². The maximum absolute atomic E-state index is 14.4. The topological polar surface area (TPSA) is 114 Å². The van der Waals surface area contributed by atoms with Crippen molar-refractivity contribution in [1.82, 2.24) is 20.4 Å². The molecule has 7 rings (SSSR count). The van der Waals surface area contributed by atoms with Gasteiger partial charge in [0, 0.05) is 32.1 Å². The van der Waals surface area contributed by atoms with Crippen molar-refractivity contribution in [1.29, 1.82) is 0 Å². The third-order valence-corrected chi connectivity index (χ3v) is 12.1. The first-order valence-electron chi connectivity index (χ1n) is 17.3.